The van der Waals surface area contributed by atoms with Crippen molar-refractivity contribution in [1.29, 1.82) is 0 Å². The molecule has 0 radical (unpaired) electrons. The normalized spacial score (nSPS) is 12.2. The summed E-state index contributed by atoms with van der Waals surface area (Å²) in [6, 6.07) is 16.5. The van der Waals surface area contributed by atoms with Crippen LogP contribution in [-0.2, 0) is 17.9 Å². The van der Waals surface area contributed by atoms with E-state index in [0.29, 0.717) is 13.1 Å². The van der Waals surface area contributed by atoms with Crippen LogP contribution in [0.3, 0.4) is 0 Å². The van der Waals surface area contributed by atoms with Crippen LogP contribution >= 0.6 is 11.8 Å². The number of hydrogen-bond donors (Lipinski definition) is 0. The van der Waals surface area contributed by atoms with E-state index in [1.165, 1.54) is 23.9 Å². The molecule has 0 aliphatic rings. The van der Waals surface area contributed by atoms with Crippen molar-refractivity contribution in [3.8, 4) is 0 Å². The fraction of sp³-hybridized carbons (Fsp3) is 0.375. The van der Waals surface area contributed by atoms with E-state index in [-0.39, 0.29) is 23.5 Å². The van der Waals surface area contributed by atoms with Gasteiger partial charge in [-0.05, 0) is 43.8 Å². The minimum atomic E-state index is -0.282. The van der Waals surface area contributed by atoms with Gasteiger partial charge < -0.3 is 9.47 Å². The molecule has 0 saturated heterocycles. The van der Waals surface area contributed by atoms with E-state index in [1.54, 1.807) is 24.1 Å². The van der Waals surface area contributed by atoms with Crippen molar-refractivity contribution in [2.75, 3.05) is 26.9 Å². The molecule has 1 aromatic heterocycles. The standard InChI is InChI=1S/C24H30FN5OS/c1-5-21(28(2)3)23-26-27-24(30(23)16-18-9-7-6-8-10-18)32-17-22(31)29(4)15-19-11-13-20(25)14-12-19/h6-14,21H,5,15-17H2,1-4H3. The van der Waals surface area contributed by atoms with Gasteiger partial charge in [-0.25, -0.2) is 4.39 Å². The predicted octanol–water partition coefficient (Wildman–Crippen LogP) is 4.23. The van der Waals surface area contributed by atoms with E-state index < -0.39 is 0 Å². The minimum Gasteiger partial charge on any atom is -0.341 e. The van der Waals surface area contributed by atoms with Crippen molar-refractivity contribution in [3.63, 3.8) is 0 Å². The molecule has 3 aromatic rings. The maximum absolute atomic E-state index is 13.1. The highest BCUT2D eigenvalue weighted by atomic mass is 32.2. The second kappa shape index (κ2) is 11.2. The number of rotatable bonds is 10. The summed E-state index contributed by atoms with van der Waals surface area (Å²) in [6.07, 6.45) is 0.907. The Hall–Kier alpha value is -2.71. The quantitative estimate of drug-likeness (QED) is 0.428. The second-order valence-electron chi connectivity index (χ2n) is 7.97. The average molecular weight is 456 g/mol. The van der Waals surface area contributed by atoms with Crippen LogP contribution in [0.2, 0.25) is 0 Å². The van der Waals surface area contributed by atoms with Gasteiger partial charge in [-0.2, -0.15) is 0 Å². The number of aromatic nitrogens is 3. The molecule has 170 valence electrons. The molecule has 0 spiro atoms. The van der Waals surface area contributed by atoms with Crippen LogP contribution in [0.5, 0.6) is 0 Å². The molecule has 32 heavy (non-hydrogen) atoms. The summed E-state index contributed by atoms with van der Waals surface area (Å²) in [5.74, 6) is 0.851. The molecule has 1 atom stereocenters. The molecule has 0 bridgehead atoms. The molecular formula is C24H30FN5OS. The second-order valence-corrected chi connectivity index (χ2v) is 8.91. The SMILES string of the molecule is CCC(c1nnc(SCC(=O)N(C)Cc2ccc(F)cc2)n1Cc1ccccc1)N(C)C. The zero-order valence-corrected chi connectivity index (χ0v) is 19.8. The highest BCUT2D eigenvalue weighted by Crippen LogP contribution is 2.26. The molecule has 1 unspecified atom stereocenters. The Labute approximate surface area is 193 Å². The van der Waals surface area contributed by atoms with Gasteiger partial charge in [0, 0.05) is 13.6 Å². The summed E-state index contributed by atoms with van der Waals surface area (Å²) >= 11 is 1.40. The van der Waals surface area contributed by atoms with Crippen molar-refractivity contribution in [1.82, 2.24) is 24.6 Å². The van der Waals surface area contributed by atoms with Gasteiger partial charge in [0.2, 0.25) is 5.91 Å². The van der Waals surface area contributed by atoms with E-state index >= 15 is 0 Å². The lowest BCUT2D eigenvalue weighted by Crippen LogP contribution is -2.28. The Kier molecular flexibility index (Phi) is 8.41. The third-order valence-corrected chi connectivity index (χ3v) is 6.27. The molecule has 1 amide bonds. The van der Waals surface area contributed by atoms with Crippen molar-refractivity contribution in [3.05, 3.63) is 77.4 Å². The highest BCUT2D eigenvalue weighted by Gasteiger charge is 2.23. The summed E-state index contributed by atoms with van der Waals surface area (Å²) in [5, 5.41) is 9.65. The lowest BCUT2D eigenvalue weighted by atomic mass is 10.2. The number of thioether (sulfide) groups is 1. The molecule has 6 nitrogen and oxygen atoms in total. The molecule has 0 fully saturated rings. The Morgan fingerprint density at radius 2 is 1.72 bits per heavy atom. The molecule has 2 aromatic carbocycles. The molecule has 1 heterocycles. The fourth-order valence-corrected chi connectivity index (χ4v) is 4.42. The van der Waals surface area contributed by atoms with Gasteiger partial charge in [-0.3, -0.25) is 9.69 Å². The Morgan fingerprint density at radius 1 is 1.03 bits per heavy atom. The summed E-state index contributed by atoms with van der Waals surface area (Å²) in [4.78, 5) is 16.5. The van der Waals surface area contributed by atoms with Crippen molar-refractivity contribution >= 4 is 17.7 Å². The number of nitrogens with zero attached hydrogens (tertiary/aromatic N) is 5. The van der Waals surface area contributed by atoms with Gasteiger partial charge in [0.25, 0.3) is 0 Å². The first-order chi connectivity index (χ1) is 15.4. The van der Waals surface area contributed by atoms with Crippen molar-refractivity contribution < 1.29 is 9.18 Å². The smallest absolute Gasteiger partial charge is 0.233 e. The van der Waals surface area contributed by atoms with E-state index in [9.17, 15) is 9.18 Å². The topological polar surface area (TPSA) is 54.3 Å². The van der Waals surface area contributed by atoms with Gasteiger partial charge in [0.05, 0.1) is 18.3 Å². The van der Waals surface area contributed by atoms with E-state index in [0.717, 1.165) is 28.5 Å². The Bertz CT molecular complexity index is 1010. The molecule has 0 aliphatic heterocycles. The molecule has 0 N–H and O–H groups in total. The number of carbonyl (C=O) groups is 1. The van der Waals surface area contributed by atoms with E-state index in [2.05, 4.69) is 38.7 Å². The number of halogens is 1. The number of hydrogen-bond acceptors (Lipinski definition) is 5. The largest absolute Gasteiger partial charge is 0.341 e. The first kappa shape index (κ1) is 23.9. The highest BCUT2D eigenvalue weighted by molar-refractivity contribution is 7.99. The lowest BCUT2D eigenvalue weighted by molar-refractivity contribution is -0.127. The van der Waals surface area contributed by atoms with Crippen molar-refractivity contribution in [2.24, 2.45) is 0 Å². The van der Waals surface area contributed by atoms with Gasteiger partial charge in [0.1, 0.15) is 5.82 Å². The zero-order valence-electron chi connectivity index (χ0n) is 19.0. The Balaban J connectivity index is 1.74. The molecule has 3 rings (SSSR count). The average Bonchev–Trinajstić information content (AvgIpc) is 3.16. The minimum absolute atomic E-state index is 0.0187. The maximum atomic E-state index is 13.1. The number of amides is 1. The fourth-order valence-electron chi connectivity index (χ4n) is 3.53. The molecular weight excluding hydrogens is 425 g/mol. The number of carbonyl (C=O) groups excluding carboxylic acids is 1. The van der Waals surface area contributed by atoms with Gasteiger partial charge >= 0.3 is 0 Å². The van der Waals surface area contributed by atoms with Gasteiger partial charge in [0.15, 0.2) is 11.0 Å². The zero-order chi connectivity index (χ0) is 23.1. The van der Waals surface area contributed by atoms with Crippen LogP contribution in [0, 0.1) is 5.82 Å². The summed E-state index contributed by atoms with van der Waals surface area (Å²) in [5.41, 5.74) is 2.04. The Morgan fingerprint density at radius 3 is 2.34 bits per heavy atom. The van der Waals surface area contributed by atoms with Crippen LogP contribution in [-0.4, -0.2) is 57.4 Å². The molecule has 8 heteroatoms. The molecule has 0 aliphatic carbocycles. The summed E-state index contributed by atoms with van der Waals surface area (Å²) < 4.78 is 15.2. The number of benzene rings is 2. The molecule has 0 saturated carbocycles. The predicted molar refractivity (Wildman–Crippen MR) is 126 cm³/mol. The van der Waals surface area contributed by atoms with Crippen molar-refractivity contribution in [2.45, 2.75) is 37.6 Å². The first-order valence-electron chi connectivity index (χ1n) is 10.6. The van der Waals surface area contributed by atoms with Crippen LogP contribution in [0.15, 0.2) is 59.8 Å². The lowest BCUT2D eigenvalue weighted by Gasteiger charge is -2.23. The van der Waals surface area contributed by atoms with Crippen LogP contribution < -0.4 is 0 Å². The third kappa shape index (κ3) is 6.17. The van der Waals surface area contributed by atoms with Crippen LogP contribution in [0.1, 0.15) is 36.3 Å². The van der Waals surface area contributed by atoms with Crippen LogP contribution in [0.25, 0.3) is 0 Å². The summed E-state index contributed by atoms with van der Waals surface area (Å²) in [6.45, 7) is 3.21. The maximum Gasteiger partial charge on any atom is 0.233 e. The third-order valence-electron chi connectivity index (χ3n) is 5.32. The summed E-state index contributed by atoms with van der Waals surface area (Å²) in [7, 11) is 5.83. The first-order valence-corrected chi connectivity index (χ1v) is 11.6. The van der Waals surface area contributed by atoms with Gasteiger partial charge in [-0.1, -0.05) is 61.2 Å². The monoisotopic (exact) mass is 455 g/mol. The van der Waals surface area contributed by atoms with E-state index in [1.807, 2.05) is 32.3 Å². The van der Waals surface area contributed by atoms with Crippen LogP contribution in [0.4, 0.5) is 4.39 Å². The van der Waals surface area contributed by atoms with Gasteiger partial charge in [-0.15, -0.1) is 10.2 Å². The van der Waals surface area contributed by atoms with E-state index in [4.69, 9.17) is 0 Å².